The van der Waals surface area contributed by atoms with Crippen LogP contribution in [0.2, 0.25) is 0 Å². The van der Waals surface area contributed by atoms with Gasteiger partial charge in [-0.2, -0.15) is 5.26 Å². The summed E-state index contributed by atoms with van der Waals surface area (Å²) >= 11 is 0. The van der Waals surface area contributed by atoms with Crippen molar-refractivity contribution < 1.29 is 4.79 Å². The summed E-state index contributed by atoms with van der Waals surface area (Å²) in [5, 5.41) is 9.28. The lowest BCUT2D eigenvalue weighted by Gasteiger charge is -2.40. The highest BCUT2D eigenvalue weighted by atomic mass is 16.2. The van der Waals surface area contributed by atoms with Crippen LogP contribution in [-0.4, -0.2) is 60.0 Å². The first-order chi connectivity index (χ1) is 13.2. The highest BCUT2D eigenvalue weighted by Crippen LogP contribution is 2.24. The second kappa shape index (κ2) is 7.37. The smallest absolute Gasteiger partial charge is 0.240 e. The largest absolute Gasteiger partial charge is 0.352 e. The SMILES string of the molecule is CN1Cc2ccccc2C[C@H]1C(=O)N1CCN(c2ncccc2C#N)CC1. The molecule has 0 unspecified atom stereocenters. The fourth-order valence-electron chi connectivity index (χ4n) is 4.02. The van der Waals surface area contributed by atoms with Gasteiger partial charge in [0.2, 0.25) is 5.91 Å². The lowest BCUT2D eigenvalue weighted by atomic mass is 9.93. The highest BCUT2D eigenvalue weighted by molar-refractivity contribution is 5.83. The maximum Gasteiger partial charge on any atom is 0.240 e. The molecule has 0 radical (unpaired) electrons. The van der Waals surface area contributed by atoms with Gasteiger partial charge in [-0.3, -0.25) is 9.69 Å². The fraction of sp³-hybridized carbons (Fsp3) is 0.381. The van der Waals surface area contributed by atoms with Crippen LogP contribution in [0.5, 0.6) is 0 Å². The van der Waals surface area contributed by atoms with E-state index < -0.39 is 0 Å². The van der Waals surface area contributed by atoms with Crippen LogP contribution in [0.1, 0.15) is 16.7 Å². The van der Waals surface area contributed by atoms with Crippen molar-refractivity contribution in [1.82, 2.24) is 14.8 Å². The highest BCUT2D eigenvalue weighted by Gasteiger charge is 2.33. The standard InChI is InChI=1S/C21H23N5O/c1-24-15-18-6-3-2-5-16(18)13-19(24)21(27)26-11-9-25(10-12-26)20-17(14-22)7-4-8-23-20/h2-8,19H,9-13,15H2,1H3/t19-/m0/s1. The molecule has 2 aliphatic heterocycles. The predicted octanol–water partition coefficient (Wildman–Crippen LogP) is 1.66. The van der Waals surface area contributed by atoms with Gasteiger partial charge >= 0.3 is 0 Å². The summed E-state index contributed by atoms with van der Waals surface area (Å²) in [7, 11) is 2.03. The molecule has 2 aliphatic rings. The summed E-state index contributed by atoms with van der Waals surface area (Å²) in [6.45, 7) is 3.53. The molecule has 1 fully saturated rings. The van der Waals surface area contributed by atoms with Crippen molar-refractivity contribution in [2.45, 2.75) is 19.0 Å². The van der Waals surface area contributed by atoms with Crippen LogP contribution in [0.15, 0.2) is 42.6 Å². The number of rotatable bonds is 2. The Kier molecular flexibility index (Phi) is 4.78. The van der Waals surface area contributed by atoms with Gasteiger partial charge in [-0.05, 0) is 36.7 Å². The Hall–Kier alpha value is -2.91. The van der Waals surface area contributed by atoms with E-state index in [9.17, 15) is 10.1 Å². The number of pyridine rings is 1. The summed E-state index contributed by atoms with van der Waals surface area (Å²) in [5.74, 6) is 0.920. The molecule has 2 aromatic rings. The zero-order valence-corrected chi connectivity index (χ0v) is 15.5. The van der Waals surface area contributed by atoms with Crippen LogP contribution < -0.4 is 4.90 Å². The second-order valence-corrected chi connectivity index (χ2v) is 7.20. The number of likely N-dealkylation sites (N-methyl/N-ethyl adjacent to an activating group) is 1. The van der Waals surface area contributed by atoms with Gasteiger partial charge in [-0.1, -0.05) is 24.3 Å². The average Bonchev–Trinajstić information content (AvgIpc) is 2.73. The minimum Gasteiger partial charge on any atom is -0.352 e. The molecule has 1 amide bonds. The van der Waals surface area contributed by atoms with Crippen LogP contribution in [-0.2, 0) is 17.8 Å². The Morgan fingerprint density at radius 3 is 2.59 bits per heavy atom. The van der Waals surface area contributed by atoms with E-state index in [0.29, 0.717) is 31.7 Å². The molecule has 4 rings (SSSR count). The zero-order chi connectivity index (χ0) is 18.8. The molecule has 1 aromatic carbocycles. The van der Waals surface area contributed by atoms with E-state index in [2.05, 4.69) is 39.1 Å². The first kappa shape index (κ1) is 17.5. The van der Waals surface area contributed by atoms with E-state index in [1.165, 1.54) is 11.1 Å². The van der Waals surface area contributed by atoms with Crippen LogP contribution in [0, 0.1) is 11.3 Å². The molecule has 0 aliphatic carbocycles. The van der Waals surface area contributed by atoms with Gasteiger partial charge in [-0.15, -0.1) is 0 Å². The molecule has 138 valence electrons. The van der Waals surface area contributed by atoms with E-state index in [-0.39, 0.29) is 11.9 Å². The molecule has 27 heavy (non-hydrogen) atoms. The number of aromatic nitrogens is 1. The maximum absolute atomic E-state index is 13.1. The molecule has 0 bridgehead atoms. The molecular weight excluding hydrogens is 338 g/mol. The summed E-state index contributed by atoms with van der Waals surface area (Å²) in [4.78, 5) is 23.7. The average molecular weight is 361 g/mol. The fourth-order valence-corrected chi connectivity index (χ4v) is 4.02. The molecule has 6 heteroatoms. The third kappa shape index (κ3) is 3.38. The van der Waals surface area contributed by atoms with Crippen molar-refractivity contribution >= 4 is 11.7 Å². The number of hydrogen-bond donors (Lipinski definition) is 0. The lowest BCUT2D eigenvalue weighted by molar-refractivity contribution is -0.137. The van der Waals surface area contributed by atoms with Crippen LogP contribution in [0.4, 0.5) is 5.82 Å². The molecule has 0 spiro atoms. The number of nitriles is 1. The van der Waals surface area contributed by atoms with Crippen molar-refractivity contribution in [2.24, 2.45) is 0 Å². The number of carbonyl (C=O) groups excluding carboxylic acids is 1. The van der Waals surface area contributed by atoms with Gasteiger partial charge in [0.15, 0.2) is 0 Å². The minimum absolute atomic E-state index is 0.101. The molecule has 1 atom stereocenters. The summed E-state index contributed by atoms with van der Waals surface area (Å²) in [5.41, 5.74) is 3.17. The first-order valence-electron chi connectivity index (χ1n) is 9.33. The summed E-state index contributed by atoms with van der Waals surface area (Å²) in [6.07, 6.45) is 2.48. The minimum atomic E-state index is -0.101. The van der Waals surface area contributed by atoms with Crippen molar-refractivity contribution in [2.75, 3.05) is 38.1 Å². The number of anilines is 1. The quantitative estimate of drug-likeness (QED) is 0.814. The van der Waals surface area contributed by atoms with E-state index in [4.69, 9.17) is 0 Å². The molecular formula is C21H23N5O. The number of carbonyl (C=O) groups is 1. The number of piperazine rings is 1. The van der Waals surface area contributed by atoms with Crippen molar-refractivity contribution in [1.29, 1.82) is 5.26 Å². The van der Waals surface area contributed by atoms with Crippen LogP contribution in [0.3, 0.4) is 0 Å². The van der Waals surface area contributed by atoms with Gasteiger partial charge in [0.05, 0.1) is 11.6 Å². The number of amides is 1. The summed E-state index contributed by atoms with van der Waals surface area (Å²) in [6, 6.07) is 14.0. The lowest BCUT2D eigenvalue weighted by Crippen LogP contribution is -2.56. The molecule has 3 heterocycles. The molecule has 0 saturated carbocycles. The van der Waals surface area contributed by atoms with Gasteiger partial charge < -0.3 is 9.80 Å². The van der Waals surface area contributed by atoms with E-state index in [1.807, 2.05) is 18.0 Å². The molecule has 6 nitrogen and oxygen atoms in total. The van der Waals surface area contributed by atoms with Gasteiger partial charge in [0, 0.05) is 38.9 Å². The van der Waals surface area contributed by atoms with Crippen molar-refractivity contribution in [3.05, 3.63) is 59.3 Å². The molecule has 0 N–H and O–H groups in total. The predicted molar refractivity (Wildman–Crippen MR) is 103 cm³/mol. The van der Waals surface area contributed by atoms with E-state index >= 15 is 0 Å². The topological polar surface area (TPSA) is 63.5 Å². The van der Waals surface area contributed by atoms with Crippen molar-refractivity contribution in [3.63, 3.8) is 0 Å². The van der Waals surface area contributed by atoms with Crippen LogP contribution >= 0.6 is 0 Å². The molecule has 1 aromatic heterocycles. The second-order valence-electron chi connectivity index (χ2n) is 7.20. The van der Waals surface area contributed by atoms with Gasteiger partial charge in [0.25, 0.3) is 0 Å². The third-order valence-corrected chi connectivity index (χ3v) is 5.57. The summed E-state index contributed by atoms with van der Waals surface area (Å²) < 4.78 is 0. The Bertz CT molecular complexity index is 882. The zero-order valence-electron chi connectivity index (χ0n) is 15.5. The van der Waals surface area contributed by atoms with Crippen molar-refractivity contribution in [3.8, 4) is 6.07 Å². The van der Waals surface area contributed by atoms with E-state index in [0.717, 1.165) is 18.8 Å². The Labute approximate surface area is 159 Å². The number of fused-ring (bicyclic) bond motifs is 1. The van der Waals surface area contributed by atoms with Gasteiger partial charge in [-0.25, -0.2) is 4.98 Å². The third-order valence-electron chi connectivity index (χ3n) is 5.57. The maximum atomic E-state index is 13.1. The van der Waals surface area contributed by atoms with E-state index in [1.54, 1.807) is 18.3 Å². The monoisotopic (exact) mass is 361 g/mol. The number of hydrogen-bond acceptors (Lipinski definition) is 5. The molecule has 1 saturated heterocycles. The Morgan fingerprint density at radius 2 is 1.85 bits per heavy atom. The number of nitrogens with zero attached hydrogens (tertiary/aromatic N) is 5. The first-order valence-corrected chi connectivity index (χ1v) is 9.33. The normalized spacial score (nSPS) is 20.1. The number of benzene rings is 1. The Balaban J connectivity index is 1.43. The van der Waals surface area contributed by atoms with Crippen LogP contribution in [0.25, 0.3) is 0 Å². The Morgan fingerprint density at radius 1 is 1.11 bits per heavy atom. The van der Waals surface area contributed by atoms with Gasteiger partial charge in [0.1, 0.15) is 11.9 Å².